The summed E-state index contributed by atoms with van der Waals surface area (Å²) >= 11 is 12.0. The maximum atomic E-state index is 13.8. The molecule has 1 heterocycles. The van der Waals surface area contributed by atoms with Crippen molar-refractivity contribution < 1.29 is 32.6 Å². The van der Waals surface area contributed by atoms with Crippen molar-refractivity contribution in [3.63, 3.8) is 0 Å². The molecule has 0 radical (unpaired) electrons. The minimum Gasteiger partial charge on any atom is -0.415 e. The van der Waals surface area contributed by atoms with E-state index in [1.807, 2.05) is 0 Å². The van der Waals surface area contributed by atoms with E-state index in [-0.39, 0.29) is 39.3 Å². The third kappa shape index (κ3) is 6.76. The fraction of sp³-hybridized carbons (Fsp3) is 0.474. The van der Waals surface area contributed by atoms with Crippen LogP contribution < -0.4 is 0 Å². The van der Waals surface area contributed by atoms with Gasteiger partial charge in [0.05, 0.1) is 0 Å². The molecule has 0 saturated heterocycles. The summed E-state index contributed by atoms with van der Waals surface area (Å²) in [6.45, 7) is 2.65. The van der Waals surface area contributed by atoms with Gasteiger partial charge in [0.25, 0.3) is 5.91 Å². The predicted molar refractivity (Wildman–Crippen MR) is 109 cm³/mol. The van der Waals surface area contributed by atoms with Crippen LogP contribution in [-0.2, 0) is 14.3 Å². The Morgan fingerprint density at radius 2 is 1.55 bits per heavy atom. The van der Waals surface area contributed by atoms with E-state index in [9.17, 15) is 23.2 Å². The van der Waals surface area contributed by atoms with Gasteiger partial charge in [-0.25, -0.2) is 23.3 Å². The predicted octanol–water partition coefficient (Wildman–Crippen LogP) is 5.26. The topological polar surface area (TPSA) is 88.5 Å². The monoisotopic (exact) mass is 479 g/mol. The molecule has 0 aromatic heterocycles. The van der Waals surface area contributed by atoms with Crippen LogP contribution in [0.15, 0.2) is 23.3 Å². The number of amidine groups is 1. The van der Waals surface area contributed by atoms with Crippen molar-refractivity contribution in [2.24, 2.45) is 5.10 Å². The molecule has 0 aliphatic carbocycles. The van der Waals surface area contributed by atoms with Gasteiger partial charge in [-0.05, 0) is 31.0 Å². The van der Waals surface area contributed by atoms with Gasteiger partial charge in [-0.15, -0.1) is 10.1 Å². The standard InChI is InChI=1S/C19H21Cl2F2N3O5/c1-3-5-14(22)30-18(28)25-10-16(27)26(19(29)31-15(23)6-4-2)24-17(25)11-7-12(20)9-13(21)8-11/h7-9,14-15H,3-6,10H2,1-2H3. The van der Waals surface area contributed by atoms with Gasteiger partial charge < -0.3 is 9.47 Å². The van der Waals surface area contributed by atoms with E-state index < -0.39 is 37.4 Å². The Kier molecular flexibility index (Phi) is 9.00. The second-order valence-corrected chi connectivity index (χ2v) is 7.41. The number of hydrogen-bond donors (Lipinski definition) is 0. The number of hydrogen-bond acceptors (Lipinski definition) is 6. The molecule has 1 aromatic rings. The van der Waals surface area contributed by atoms with E-state index in [2.05, 4.69) is 9.84 Å². The summed E-state index contributed by atoms with van der Waals surface area (Å²) in [4.78, 5) is 37.9. The molecule has 3 amide bonds. The van der Waals surface area contributed by atoms with Crippen molar-refractivity contribution in [3.05, 3.63) is 33.8 Å². The van der Waals surface area contributed by atoms with E-state index in [1.165, 1.54) is 18.2 Å². The number of imide groups is 1. The molecular weight excluding hydrogens is 459 g/mol. The lowest BCUT2D eigenvalue weighted by Crippen LogP contribution is -2.52. The molecule has 2 unspecified atom stereocenters. The molecular formula is C19H21Cl2F2N3O5. The van der Waals surface area contributed by atoms with E-state index in [0.29, 0.717) is 12.8 Å². The fourth-order valence-corrected chi connectivity index (χ4v) is 3.10. The summed E-state index contributed by atoms with van der Waals surface area (Å²) in [6, 6.07) is 4.13. The van der Waals surface area contributed by atoms with Crippen LogP contribution in [0, 0.1) is 0 Å². The molecule has 12 heteroatoms. The Bertz CT molecular complexity index is 851. The summed E-state index contributed by atoms with van der Waals surface area (Å²) in [5, 5.41) is 4.46. The first kappa shape index (κ1) is 24.8. The Morgan fingerprint density at radius 3 is 2.06 bits per heavy atom. The summed E-state index contributed by atoms with van der Waals surface area (Å²) < 4.78 is 36.8. The van der Waals surface area contributed by atoms with E-state index in [0.717, 1.165) is 4.90 Å². The minimum absolute atomic E-state index is 0.0449. The lowest BCUT2D eigenvalue weighted by Gasteiger charge is -2.30. The van der Waals surface area contributed by atoms with E-state index >= 15 is 0 Å². The molecule has 1 aliphatic heterocycles. The zero-order chi connectivity index (χ0) is 23.1. The highest BCUT2D eigenvalue weighted by Crippen LogP contribution is 2.24. The van der Waals surface area contributed by atoms with E-state index in [1.54, 1.807) is 13.8 Å². The molecule has 0 bridgehead atoms. The molecule has 2 rings (SSSR count). The van der Waals surface area contributed by atoms with Crippen LogP contribution in [0.2, 0.25) is 10.0 Å². The Labute approximate surface area is 187 Å². The molecule has 2 atom stereocenters. The molecule has 8 nitrogen and oxygen atoms in total. The lowest BCUT2D eigenvalue weighted by molar-refractivity contribution is -0.132. The summed E-state index contributed by atoms with van der Waals surface area (Å²) in [7, 11) is 0. The quantitative estimate of drug-likeness (QED) is 0.531. The average molecular weight is 480 g/mol. The zero-order valence-corrected chi connectivity index (χ0v) is 18.3. The number of hydrazone groups is 1. The van der Waals surface area contributed by atoms with Crippen LogP contribution in [0.25, 0.3) is 0 Å². The van der Waals surface area contributed by atoms with Crippen LogP contribution in [0.1, 0.15) is 45.1 Å². The summed E-state index contributed by atoms with van der Waals surface area (Å²) in [5.41, 5.74) is 0.135. The van der Waals surface area contributed by atoms with Gasteiger partial charge in [-0.3, -0.25) is 4.79 Å². The molecule has 0 N–H and O–H groups in total. The molecule has 31 heavy (non-hydrogen) atoms. The van der Waals surface area contributed by atoms with Gasteiger partial charge in [0, 0.05) is 28.5 Å². The molecule has 170 valence electrons. The second kappa shape index (κ2) is 11.2. The smallest absolute Gasteiger partial charge is 0.415 e. The molecule has 1 aromatic carbocycles. The maximum absolute atomic E-state index is 13.8. The second-order valence-electron chi connectivity index (χ2n) is 6.54. The molecule has 0 fully saturated rings. The Hall–Kier alpha value is -2.46. The van der Waals surface area contributed by atoms with Gasteiger partial charge >= 0.3 is 12.2 Å². The van der Waals surface area contributed by atoms with Crippen molar-refractivity contribution in [2.75, 3.05) is 6.54 Å². The van der Waals surface area contributed by atoms with Crippen LogP contribution in [0.4, 0.5) is 18.4 Å². The number of rotatable bonds is 7. The fourth-order valence-electron chi connectivity index (χ4n) is 2.58. The van der Waals surface area contributed by atoms with Crippen molar-refractivity contribution in [2.45, 2.75) is 52.2 Å². The third-order valence-electron chi connectivity index (χ3n) is 3.98. The van der Waals surface area contributed by atoms with Gasteiger partial charge in [-0.1, -0.05) is 37.0 Å². The number of alkyl halides is 2. The average Bonchev–Trinajstić information content (AvgIpc) is 2.67. The zero-order valence-electron chi connectivity index (χ0n) is 16.8. The van der Waals surface area contributed by atoms with Crippen LogP contribution in [-0.4, -0.2) is 53.1 Å². The Morgan fingerprint density at radius 1 is 1.03 bits per heavy atom. The first-order valence-corrected chi connectivity index (χ1v) is 10.3. The van der Waals surface area contributed by atoms with Gasteiger partial charge in [0.15, 0.2) is 5.84 Å². The van der Waals surface area contributed by atoms with Gasteiger partial charge in [-0.2, -0.15) is 0 Å². The number of nitrogens with zero attached hydrogens (tertiary/aromatic N) is 3. The van der Waals surface area contributed by atoms with Crippen molar-refractivity contribution >= 4 is 47.1 Å². The number of carbonyl (C=O) groups excluding carboxylic acids is 3. The highest BCUT2D eigenvalue weighted by atomic mass is 35.5. The number of benzene rings is 1. The van der Waals surface area contributed by atoms with E-state index in [4.69, 9.17) is 27.9 Å². The van der Waals surface area contributed by atoms with Gasteiger partial charge in [0.2, 0.25) is 12.7 Å². The summed E-state index contributed by atoms with van der Waals surface area (Å²) in [6.07, 6.45) is -5.70. The minimum atomic E-state index is -1.94. The van der Waals surface area contributed by atoms with Crippen LogP contribution >= 0.6 is 23.2 Å². The lowest BCUT2D eigenvalue weighted by atomic mass is 10.2. The highest BCUT2D eigenvalue weighted by molar-refractivity contribution is 6.35. The SMILES string of the molecule is CCCC(F)OC(=O)N1CC(=O)N(C(=O)OC(F)CCC)N=C1c1cc(Cl)cc(Cl)c1. The number of ether oxygens (including phenoxy) is 2. The molecule has 1 aliphatic rings. The Balaban J connectivity index is 2.41. The summed E-state index contributed by atoms with van der Waals surface area (Å²) in [5.74, 6) is -1.28. The largest absolute Gasteiger partial charge is 0.440 e. The number of halogens is 4. The first-order chi connectivity index (χ1) is 14.7. The van der Waals surface area contributed by atoms with Crippen LogP contribution in [0.3, 0.4) is 0 Å². The highest BCUT2D eigenvalue weighted by Gasteiger charge is 2.38. The number of amides is 3. The molecule has 0 spiro atoms. The van der Waals surface area contributed by atoms with Crippen molar-refractivity contribution in [1.82, 2.24) is 9.91 Å². The first-order valence-electron chi connectivity index (χ1n) is 9.51. The third-order valence-corrected chi connectivity index (χ3v) is 4.42. The normalized spacial score (nSPS) is 15.9. The van der Waals surface area contributed by atoms with Crippen molar-refractivity contribution in [1.29, 1.82) is 0 Å². The van der Waals surface area contributed by atoms with Gasteiger partial charge in [0.1, 0.15) is 6.54 Å². The molecule has 0 saturated carbocycles. The number of carbonyl (C=O) groups is 3. The maximum Gasteiger partial charge on any atom is 0.440 e. The van der Waals surface area contributed by atoms with Crippen LogP contribution in [0.5, 0.6) is 0 Å². The van der Waals surface area contributed by atoms with Crippen molar-refractivity contribution in [3.8, 4) is 0 Å².